The summed E-state index contributed by atoms with van der Waals surface area (Å²) in [5.74, 6) is 1.06. The largest absolute Gasteiger partial charge is 0.333 e. The summed E-state index contributed by atoms with van der Waals surface area (Å²) in [6.45, 7) is 4.94. The number of hydrogen-bond acceptors (Lipinski definition) is 3. The Morgan fingerprint density at radius 2 is 2.38 bits per heavy atom. The van der Waals surface area contributed by atoms with Crippen LogP contribution in [0.25, 0.3) is 0 Å². The number of nitrogens with one attached hydrogen (secondary N) is 1. The molecule has 16 heavy (non-hydrogen) atoms. The van der Waals surface area contributed by atoms with Crippen LogP contribution in [0.2, 0.25) is 0 Å². The van der Waals surface area contributed by atoms with Gasteiger partial charge in [0.1, 0.15) is 5.82 Å². The van der Waals surface area contributed by atoms with Crippen molar-refractivity contribution in [3.8, 4) is 0 Å². The number of H-pyrrole nitrogens is 1. The molecule has 0 saturated carbocycles. The normalized spacial score (nSPS) is 20.4. The molecule has 2 heterocycles. The van der Waals surface area contributed by atoms with Crippen molar-refractivity contribution in [3.05, 3.63) is 11.6 Å². The molecule has 1 aromatic heterocycles. The average molecular weight is 222 g/mol. The molecular weight excluding hydrogens is 204 g/mol. The summed E-state index contributed by atoms with van der Waals surface area (Å²) in [6, 6.07) is 0.371. The summed E-state index contributed by atoms with van der Waals surface area (Å²) >= 11 is 0. The monoisotopic (exact) mass is 222 g/mol. The molecule has 1 aliphatic heterocycles. The standard InChI is InChI=1S/C11H18N4O/c1-3-8-6-5-7-15(8)11(16)10-12-9(4-2)13-14-10/h8H,3-7H2,1-2H3,(H,12,13,14). The van der Waals surface area contributed by atoms with Crippen LogP contribution in [0.15, 0.2) is 0 Å². The lowest BCUT2D eigenvalue weighted by molar-refractivity contribution is 0.0721. The molecule has 1 aliphatic rings. The van der Waals surface area contributed by atoms with Gasteiger partial charge < -0.3 is 4.90 Å². The quantitative estimate of drug-likeness (QED) is 0.840. The SMILES string of the molecule is CCc1nc(C(=O)N2CCCC2CC)n[nH]1. The summed E-state index contributed by atoms with van der Waals surface area (Å²) in [4.78, 5) is 18.2. The van der Waals surface area contributed by atoms with Gasteiger partial charge in [-0.3, -0.25) is 9.89 Å². The van der Waals surface area contributed by atoms with Gasteiger partial charge in [-0.15, -0.1) is 5.10 Å². The highest BCUT2D eigenvalue weighted by atomic mass is 16.2. The fourth-order valence-electron chi connectivity index (χ4n) is 2.21. The number of aromatic amines is 1. The highest BCUT2D eigenvalue weighted by Crippen LogP contribution is 2.21. The van der Waals surface area contributed by atoms with E-state index in [0.29, 0.717) is 11.9 Å². The summed E-state index contributed by atoms with van der Waals surface area (Å²) in [7, 11) is 0. The maximum atomic E-state index is 12.1. The van der Waals surface area contributed by atoms with Crippen LogP contribution in [0.5, 0.6) is 0 Å². The van der Waals surface area contributed by atoms with E-state index in [1.807, 2.05) is 11.8 Å². The van der Waals surface area contributed by atoms with E-state index in [1.54, 1.807) is 0 Å². The van der Waals surface area contributed by atoms with E-state index in [9.17, 15) is 4.79 Å². The zero-order valence-corrected chi connectivity index (χ0v) is 9.86. The molecule has 2 rings (SSSR count). The Kier molecular flexibility index (Phi) is 3.22. The maximum absolute atomic E-state index is 12.1. The van der Waals surface area contributed by atoms with Gasteiger partial charge in [-0.1, -0.05) is 13.8 Å². The number of carbonyl (C=O) groups excluding carboxylic acids is 1. The van der Waals surface area contributed by atoms with Gasteiger partial charge in [0.2, 0.25) is 5.82 Å². The molecule has 5 nitrogen and oxygen atoms in total. The van der Waals surface area contributed by atoms with Crippen LogP contribution >= 0.6 is 0 Å². The third kappa shape index (κ3) is 1.94. The predicted molar refractivity (Wildman–Crippen MR) is 60.1 cm³/mol. The first kappa shape index (κ1) is 11.1. The minimum atomic E-state index is -0.0275. The smallest absolute Gasteiger partial charge is 0.293 e. The second-order valence-corrected chi connectivity index (χ2v) is 4.16. The number of amides is 1. The maximum Gasteiger partial charge on any atom is 0.293 e. The molecule has 1 N–H and O–H groups in total. The second kappa shape index (κ2) is 4.63. The van der Waals surface area contributed by atoms with Crippen LogP contribution in [-0.2, 0) is 6.42 Å². The minimum Gasteiger partial charge on any atom is -0.333 e. The van der Waals surface area contributed by atoms with Crippen molar-refractivity contribution >= 4 is 5.91 Å². The van der Waals surface area contributed by atoms with E-state index in [0.717, 1.165) is 38.1 Å². The predicted octanol–water partition coefficient (Wildman–Crippen LogP) is 1.38. The van der Waals surface area contributed by atoms with E-state index < -0.39 is 0 Å². The highest BCUT2D eigenvalue weighted by Gasteiger charge is 2.29. The third-order valence-electron chi connectivity index (χ3n) is 3.17. The number of likely N-dealkylation sites (tertiary alicyclic amines) is 1. The first-order valence-corrected chi connectivity index (χ1v) is 5.98. The minimum absolute atomic E-state index is 0.0275. The summed E-state index contributed by atoms with van der Waals surface area (Å²) in [5, 5.41) is 6.76. The van der Waals surface area contributed by atoms with Gasteiger partial charge in [0.25, 0.3) is 5.91 Å². The topological polar surface area (TPSA) is 61.9 Å². The van der Waals surface area contributed by atoms with E-state index >= 15 is 0 Å². The Morgan fingerprint density at radius 3 is 3.00 bits per heavy atom. The Hall–Kier alpha value is -1.39. The lowest BCUT2D eigenvalue weighted by atomic mass is 10.2. The van der Waals surface area contributed by atoms with Crippen LogP contribution in [0.4, 0.5) is 0 Å². The number of hydrogen-bond donors (Lipinski definition) is 1. The van der Waals surface area contributed by atoms with Gasteiger partial charge >= 0.3 is 0 Å². The number of rotatable bonds is 3. The van der Waals surface area contributed by atoms with Gasteiger partial charge in [0.15, 0.2) is 0 Å². The molecule has 0 aliphatic carbocycles. The molecule has 1 amide bonds. The lowest BCUT2D eigenvalue weighted by Gasteiger charge is -2.21. The van der Waals surface area contributed by atoms with Crippen LogP contribution in [0.1, 0.15) is 49.6 Å². The summed E-state index contributed by atoms with van der Waals surface area (Å²) < 4.78 is 0. The van der Waals surface area contributed by atoms with Crippen LogP contribution in [0, 0.1) is 0 Å². The van der Waals surface area contributed by atoms with Crippen molar-refractivity contribution in [1.29, 1.82) is 0 Å². The Morgan fingerprint density at radius 1 is 1.56 bits per heavy atom. The van der Waals surface area contributed by atoms with Crippen molar-refractivity contribution in [2.24, 2.45) is 0 Å². The molecule has 0 bridgehead atoms. The van der Waals surface area contributed by atoms with Crippen molar-refractivity contribution in [3.63, 3.8) is 0 Å². The van der Waals surface area contributed by atoms with E-state index in [1.165, 1.54) is 0 Å². The van der Waals surface area contributed by atoms with Gasteiger partial charge in [0.05, 0.1) is 0 Å². The number of aromatic nitrogens is 3. The number of aryl methyl sites for hydroxylation is 1. The molecule has 5 heteroatoms. The highest BCUT2D eigenvalue weighted by molar-refractivity contribution is 5.90. The fraction of sp³-hybridized carbons (Fsp3) is 0.727. The van der Waals surface area contributed by atoms with E-state index in [-0.39, 0.29) is 5.91 Å². The molecule has 1 fully saturated rings. The molecule has 0 radical (unpaired) electrons. The molecule has 1 atom stereocenters. The summed E-state index contributed by atoms with van der Waals surface area (Å²) in [5.41, 5.74) is 0. The second-order valence-electron chi connectivity index (χ2n) is 4.16. The van der Waals surface area contributed by atoms with Gasteiger partial charge in [0, 0.05) is 19.0 Å². The number of carbonyl (C=O) groups is 1. The first-order chi connectivity index (χ1) is 7.76. The molecule has 1 aromatic rings. The van der Waals surface area contributed by atoms with Crippen molar-refractivity contribution in [1.82, 2.24) is 20.1 Å². The third-order valence-corrected chi connectivity index (χ3v) is 3.17. The van der Waals surface area contributed by atoms with Crippen LogP contribution < -0.4 is 0 Å². The first-order valence-electron chi connectivity index (χ1n) is 5.98. The Labute approximate surface area is 95.2 Å². The summed E-state index contributed by atoms with van der Waals surface area (Å²) in [6.07, 6.45) is 3.98. The Balaban J connectivity index is 2.12. The molecule has 1 saturated heterocycles. The molecule has 0 spiro atoms. The van der Waals surface area contributed by atoms with Crippen molar-refractivity contribution in [2.45, 2.75) is 45.6 Å². The van der Waals surface area contributed by atoms with Crippen molar-refractivity contribution < 1.29 is 4.79 Å². The molecular formula is C11H18N4O. The van der Waals surface area contributed by atoms with Gasteiger partial charge in [-0.05, 0) is 19.3 Å². The molecule has 88 valence electrons. The molecule has 1 unspecified atom stereocenters. The number of nitrogens with zero attached hydrogens (tertiary/aromatic N) is 3. The lowest BCUT2D eigenvalue weighted by Crippen LogP contribution is -2.35. The Bertz CT molecular complexity index is 374. The van der Waals surface area contributed by atoms with Crippen LogP contribution in [-0.4, -0.2) is 38.6 Å². The van der Waals surface area contributed by atoms with E-state index in [4.69, 9.17) is 0 Å². The van der Waals surface area contributed by atoms with E-state index in [2.05, 4.69) is 22.1 Å². The zero-order valence-electron chi connectivity index (χ0n) is 9.86. The van der Waals surface area contributed by atoms with Gasteiger partial charge in [-0.2, -0.15) is 0 Å². The molecule has 0 aromatic carbocycles. The van der Waals surface area contributed by atoms with Crippen molar-refractivity contribution in [2.75, 3.05) is 6.54 Å². The zero-order chi connectivity index (χ0) is 11.5. The fourth-order valence-corrected chi connectivity index (χ4v) is 2.21. The van der Waals surface area contributed by atoms with Crippen LogP contribution in [0.3, 0.4) is 0 Å². The average Bonchev–Trinajstić information content (AvgIpc) is 2.96. The van der Waals surface area contributed by atoms with Gasteiger partial charge in [-0.25, -0.2) is 4.98 Å².